The smallest absolute Gasteiger partial charge is 0.296 e. The molecule has 3 heteroatoms. The molecule has 0 bridgehead atoms. The molecule has 1 heterocycles. The van der Waals surface area contributed by atoms with Crippen LogP contribution >= 0.6 is 0 Å². The fourth-order valence-electron chi connectivity index (χ4n) is 1.11. The molecule has 0 aromatic carbocycles. The van der Waals surface area contributed by atoms with Gasteiger partial charge in [0.15, 0.2) is 0 Å². The normalized spacial score (nSPS) is 17.3. The Morgan fingerprint density at radius 1 is 1.21 bits per heavy atom. The number of rotatable bonds is 0. The molecule has 14 heavy (non-hydrogen) atoms. The summed E-state index contributed by atoms with van der Waals surface area (Å²) in [6, 6.07) is 0. The van der Waals surface area contributed by atoms with Gasteiger partial charge in [-0.15, -0.1) is 5.73 Å². The lowest BCUT2D eigenvalue weighted by Crippen LogP contribution is -2.17. The molecule has 2 rings (SSSR count). The van der Waals surface area contributed by atoms with Crippen LogP contribution in [0, 0.1) is 0 Å². The third kappa shape index (κ3) is 1.73. The van der Waals surface area contributed by atoms with Gasteiger partial charge in [0, 0.05) is 1.43 Å². The Bertz CT molecular complexity index is 399. The largest absolute Gasteiger partial charge is 0.318 e. The molecule has 1 N–H and O–H groups in total. The number of Topliss-reactive ketones (excluding diaryl/α,β-unsaturated/α-hetero) is 1. The third-order valence-electron chi connectivity index (χ3n) is 1.68. The third-order valence-corrected chi connectivity index (χ3v) is 1.68. The summed E-state index contributed by atoms with van der Waals surface area (Å²) >= 11 is 0. The zero-order valence-corrected chi connectivity index (χ0v) is 8.13. The van der Waals surface area contributed by atoms with Crippen molar-refractivity contribution in [2.24, 2.45) is 0 Å². The fourth-order valence-corrected chi connectivity index (χ4v) is 1.11. The summed E-state index contributed by atoms with van der Waals surface area (Å²) in [6.45, 7) is 4.00. The maximum Gasteiger partial charge on any atom is 0.296 e. The van der Waals surface area contributed by atoms with Crippen molar-refractivity contribution in [3.8, 4) is 0 Å². The molecule has 2 aliphatic rings. The van der Waals surface area contributed by atoms with E-state index >= 15 is 0 Å². The van der Waals surface area contributed by atoms with E-state index < -0.39 is 11.7 Å². The van der Waals surface area contributed by atoms with E-state index in [-0.39, 0.29) is 1.43 Å². The monoisotopic (exact) mass is 191 g/mol. The van der Waals surface area contributed by atoms with Crippen molar-refractivity contribution < 1.29 is 11.0 Å². The number of hydrogen-bond acceptors (Lipinski definition) is 2. The van der Waals surface area contributed by atoms with Crippen LogP contribution in [0.1, 0.15) is 15.3 Å². The summed E-state index contributed by atoms with van der Waals surface area (Å²) in [5.74, 6) is -1.04. The number of carbonyl (C=O) groups excluding carboxylic acids is 2. The van der Waals surface area contributed by atoms with Gasteiger partial charge in [0.25, 0.3) is 11.7 Å². The van der Waals surface area contributed by atoms with Crippen LogP contribution in [0.15, 0.2) is 41.3 Å². The molecule has 1 aliphatic carbocycles. The molecule has 0 unspecified atom stereocenters. The first-order valence-corrected chi connectivity index (χ1v) is 4.48. The highest BCUT2D eigenvalue weighted by Crippen LogP contribution is 2.16. The van der Waals surface area contributed by atoms with Crippen molar-refractivity contribution in [1.82, 2.24) is 5.32 Å². The fraction of sp³-hybridized carbons (Fsp3) is 0.182. The minimum atomic E-state index is -0.559. The van der Waals surface area contributed by atoms with E-state index in [1.807, 2.05) is 13.8 Å². The molecule has 0 saturated carbocycles. The Morgan fingerprint density at radius 2 is 1.86 bits per heavy atom. The summed E-state index contributed by atoms with van der Waals surface area (Å²) in [5.41, 5.74) is 3.78. The van der Waals surface area contributed by atoms with Gasteiger partial charge in [0.05, 0.1) is 11.3 Å². The van der Waals surface area contributed by atoms with Crippen molar-refractivity contribution in [3.63, 3.8) is 0 Å². The highest BCUT2D eigenvalue weighted by Gasteiger charge is 2.30. The van der Waals surface area contributed by atoms with Gasteiger partial charge in [-0.2, -0.15) is 0 Å². The Morgan fingerprint density at radius 3 is 2.57 bits per heavy atom. The number of nitrogens with one attached hydrogen (secondary N) is 1. The van der Waals surface area contributed by atoms with E-state index in [0.717, 1.165) is 0 Å². The number of allylic oxidation sites excluding steroid dienone is 4. The zero-order valence-electron chi connectivity index (χ0n) is 8.13. The van der Waals surface area contributed by atoms with Crippen LogP contribution in [0.5, 0.6) is 0 Å². The number of hydrogen-bond donors (Lipinski definition) is 1. The van der Waals surface area contributed by atoms with Crippen LogP contribution in [-0.4, -0.2) is 11.7 Å². The standard InChI is InChI=1S/C9H5NO2.C2H6.H2/c11-8-6-4-2-1-3-5-7(6)10-9(8)12;1-2;/h2-5H,(H,10,12);1-2H3;1H. The molecule has 0 radical (unpaired) electrons. The predicted octanol–water partition coefficient (Wildman–Crippen LogP) is 1.49. The zero-order chi connectivity index (χ0) is 10.6. The van der Waals surface area contributed by atoms with Crippen LogP contribution in [0.25, 0.3) is 0 Å². The van der Waals surface area contributed by atoms with E-state index in [2.05, 4.69) is 11.0 Å². The Kier molecular flexibility index (Phi) is 3.21. The van der Waals surface area contributed by atoms with Gasteiger partial charge in [-0.3, -0.25) is 9.59 Å². The van der Waals surface area contributed by atoms with Crippen LogP contribution < -0.4 is 5.32 Å². The van der Waals surface area contributed by atoms with Gasteiger partial charge in [-0.25, -0.2) is 0 Å². The second kappa shape index (κ2) is 4.40. The summed E-state index contributed by atoms with van der Waals surface area (Å²) in [7, 11) is 0. The average Bonchev–Trinajstić information content (AvgIpc) is 2.44. The summed E-state index contributed by atoms with van der Waals surface area (Å²) in [6.07, 6.45) is 6.49. The van der Waals surface area contributed by atoms with Gasteiger partial charge in [-0.05, 0) is 24.3 Å². The SMILES string of the molecule is CC.O=C1NC2=CC=C=CC=C2C1=O.[HH]. The molecule has 74 valence electrons. The van der Waals surface area contributed by atoms with E-state index in [1.165, 1.54) is 0 Å². The molecule has 0 aromatic heterocycles. The summed E-state index contributed by atoms with van der Waals surface area (Å²) in [5, 5.41) is 2.46. The van der Waals surface area contributed by atoms with Crippen molar-refractivity contribution >= 4 is 11.7 Å². The van der Waals surface area contributed by atoms with Gasteiger partial charge in [0.2, 0.25) is 0 Å². The van der Waals surface area contributed by atoms with Crippen molar-refractivity contribution in [2.75, 3.05) is 0 Å². The average molecular weight is 191 g/mol. The maximum atomic E-state index is 11.1. The molecule has 1 aliphatic heterocycles. The van der Waals surface area contributed by atoms with Crippen molar-refractivity contribution in [1.29, 1.82) is 0 Å². The highest BCUT2D eigenvalue weighted by molar-refractivity contribution is 6.47. The minimum absolute atomic E-state index is 0. The second-order valence-corrected chi connectivity index (χ2v) is 2.44. The van der Waals surface area contributed by atoms with Gasteiger partial charge in [-0.1, -0.05) is 13.8 Å². The summed E-state index contributed by atoms with van der Waals surface area (Å²) in [4.78, 5) is 22.0. The van der Waals surface area contributed by atoms with Crippen LogP contribution in [0.2, 0.25) is 0 Å². The van der Waals surface area contributed by atoms with Crippen molar-refractivity contribution in [3.05, 3.63) is 41.3 Å². The lowest BCUT2D eigenvalue weighted by Gasteiger charge is -1.91. The first kappa shape index (κ1) is 10.2. The second-order valence-electron chi connectivity index (χ2n) is 2.44. The van der Waals surface area contributed by atoms with Crippen LogP contribution in [0.4, 0.5) is 0 Å². The van der Waals surface area contributed by atoms with E-state index in [1.54, 1.807) is 24.3 Å². The van der Waals surface area contributed by atoms with Crippen LogP contribution in [-0.2, 0) is 9.59 Å². The number of ketones is 1. The van der Waals surface area contributed by atoms with E-state index in [0.29, 0.717) is 11.3 Å². The minimum Gasteiger partial charge on any atom is -0.318 e. The number of carbonyl (C=O) groups is 2. The highest BCUT2D eigenvalue weighted by atomic mass is 16.2. The Balaban J connectivity index is 0.000000617. The maximum absolute atomic E-state index is 11.1. The quantitative estimate of drug-likeness (QED) is 0.466. The number of fused-ring (bicyclic) bond motifs is 1. The van der Waals surface area contributed by atoms with Crippen LogP contribution in [0.3, 0.4) is 0 Å². The molecule has 0 aromatic rings. The molecule has 1 amide bonds. The van der Waals surface area contributed by atoms with Gasteiger partial charge in [0.1, 0.15) is 0 Å². The lowest BCUT2D eigenvalue weighted by atomic mass is 10.1. The van der Waals surface area contributed by atoms with Gasteiger partial charge >= 0.3 is 0 Å². The van der Waals surface area contributed by atoms with Gasteiger partial charge < -0.3 is 5.32 Å². The van der Waals surface area contributed by atoms with E-state index in [9.17, 15) is 9.59 Å². The first-order chi connectivity index (χ1) is 6.79. The molecule has 1 fully saturated rings. The molecule has 1 saturated heterocycles. The molecule has 0 spiro atoms. The Hall–Kier alpha value is -1.86. The Labute approximate surface area is 84.0 Å². The topological polar surface area (TPSA) is 46.2 Å². The predicted molar refractivity (Wildman–Crippen MR) is 55.4 cm³/mol. The molecular weight excluding hydrogens is 178 g/mol. The number of amides is 1. The van der Waals surface area contributed by atoms with E-state index in [4.69, 9.17) is 0 Å². The molecular formula is C11H13NO2. The first-order valence-electron chi connectivity index (χ1n) is 4.48. The molecule has 3 nitrogen and oxygen atoms in total. The molecule has 0 atom stereocenters. The lowest BCUT2D eigenvalue weighted by molar-refractivity contribution is -0.133. The summed E-state index contributed by atoms with van der Waals surface area (Å²) < 4.78 is 0. The van der Waals surface area contributed by atoms with Crippen molar-refractivity contribution in [2.45, 2.75) is 13.8 Å².